The molecule has 2 unspecified atom stereocenters. The first kappa shape index (κ1) is 8.82. The summed E-state index contributed by atoms with van der Waals surface area (Å²) in [5.41, 5.74) is 6.29. The Kier molecular flexibility index (Phi) is 2.01. The largest absolute Gasteiger partial charge is 0.396 e. The normalized spacial score (nSPS) is 24.0. The summed E-state index contributed by atoms with van der Waals surface area (Å²) in [6.45, 7) is 2.18. The average Bonchev–Trinajstić information content (AvgIpc) is 2.85. The monoisotopic (exact) mass is 188 g/mol. The quantitative estimate of drug-likeness (QED) is 0.734. The lowest BCUT2D eigenvalue weighted by molar-refractivity contribution is 0.923. The molecule has 1 aromatic heterocycles. The van der Waals surface area contributed by atoms with Crippen molar-refractivity contribution in [3.63, 3.8) is 0 Å². The molecule has 3 N–H and O–H groups in total. The number of hydrogen-bond acceptors (Lipinski definition) is 4. The van der Waals surface area contributed by atoms with E-state index in [1.165, 1.54) is 6.42 Å². The van der Waals surface area contributed by atoms with Gasteiger partial charge in [-0.05, 0) is 24.5 Å². The van der Waals surface area contributed by atoms with Gasteiger partial charge in [0, 0.05) is 6.04 Å². The highest BCUT2D eigenvalue weighted by Crippen LogP contribution is 2.32. The summed E-state index contributed by atoms with van der Waals surface area (Å²) in [6, 6.07) is 5.99. The van der Waals surface area contributed by atoms with Crippen molar-refractivity contribution in [3.8, 4) is 6.07 Å². The molecule has 2 atom stereocenters. The van der Waals surface area contributed by atoms with Gasteiger partial charge in [0.05, 0.1) is 5.69 Å². The average molecular weight is 188 g/mol. The maximum atomic E-state index is 8.72. The smallest absolute Gasteiger partial charge is 0.165 e. The Morgan fingerprint density at radius 3 is 2.93 bits per heavy atom. The molecule has 1 aliphatic rings. The molecular formula is C10H12N4. The van der Waals surface area contributed by atoms with Crippen LogP contribution in [-0.4, -0.2) is 11.0 Å². The molecule has 0 saturated heterocycles. The van der Waals surface area contributed by atoms with Crippen molar-refractivity contribution >= 4 is 11.5 Å². The van der Waals surface area contributed by atoms with Crippen molar-refractivity contribution in [2.24, 2.45) is 5.92 Å². The van der Waals surface area contributed by atoms with E-state index in [4.69, 9.17) is 11.0 Å². The first-order valence-corrected chi connectivity index (χ1v) is 4.64. The SMILES string of the molecule is CC1CC1Nc1ccc(N)c(C#N)n1. The van der Waals surface area contributed by atoms with E-state index in [0.29, 0.717) is 23.3 Å². The Bertz CT molecular complexity index is 394. The van der Waals surface area contributed by atoms with Crippen molar-refractivity contribution in [1.82, 2.24) is 4.98 Å². The molecule has 0 radical (unpaired) electrons. The first-order valence-electron chi connectivity index (χ1n) is 4.64. The summed E-state index contributed by atoms with van der Waals surface area (Å²) in [4.78, 5) is 4.11. The Labute approximate surface area is 82.8 Å². The molecule has 0 bridgehead atoms. The zero-order valence-electron chi connectivity index (χ0n) is 7.99. The fourth-order valence-corrected chi connectivity index (χ4v) is 1.35. The molecule has 72 valence electrons. The third-order valence-electron chi connectivity index (χ3n) is 2.48. The lowest BCUT2D eigenvalue weighted by Crippen LogP contribution is -2.06. The van der Waals surface area contributed by atoms with Crippen LogP contribution in [0.25, 0.3) is 0 Å². The Balaban J connectivity index is 2.15. The van der Waals surface area contributed by atoms with Gasteiger partial charge in [-0.2, -0.15) is 5.26 Å². The molecule has 1 heterocycles. The number of nitrogens with zero attached hydrogens (tertiary/aromatic N) is 2. The van der Waals surface area contributed by atoms with Gasteiger partial charge in [0.1, 0.15) is 11.9 Å². The predicted molar refractivity (Wildman–Crippen MR) is 54.6 cm³/mol. The van der Waals surface area contributed by atoms with Gasteiger partial charge in [0.25, 0.3) is 0 Å². The van der Waals surface area contributed by atoms with E-state index in [2.05, 4.69) is 17.2 Å². The molecule has 0 amide bonds. The Hall–Kier alpha value is -1.76. The molecule has 2 rings (SSSR count). The number of nitrogen functional groups attached to an aromatic ring is 1. The van der Waals surface area contributed by atoms with Crippen LogP contribution in [0.15, 0.2) is 12.1 Å². The molecule has 14 heavy (non-hydrogen) atoms. The molecule has 1 aliphatic carbocycles. The van der Waals surface area contributed by atoms with Crippen molar-refractivity contribution in [2.45, 2.75) is 19.4 Å². The van der Waals surface area contributed by atoms with Crippen molar-refractivity contribution in [1.29, 1.82) is 5.26 Å². The van der Waals surface area contributed by atoms with Gasteiger partial charge in [-0.25, -0.2) is 4.98 Å². The van der Waals surface area contributed by atoms with Crippen LogP contribution in [-0.2, 0) is 0 Å². The Morgan fingerprint density at radius 2 is 2.36 bits per heavy atom. The van der Waals surface area contributed by atoms with Gasteiger partial charge in [0.2, 0.25) is 0 Å². The molecule has 1 fully saturated rings. The van der Waals surface area contributed by atoms with Crippen LogP contribution in [0.4, 0.5) is 11.5 Å². The van der Waals surface area contributed by atoms with E-state index in [1.54, 1.807) is 12.1 Å². The fourth-order valence-electron chi connectivity index (χ4n) is 1.35. The number of nitriles is 1. The molecule has 4 heteroatoms. The van der Waals surface area contributed by atoms with E-state index < -0.39 is 0 Å². The second-order valence-electron chi connectivity index (χ2n) is 3.71. The molecule has 0 aliphatic heterocycles. The van der Waals surface area contributed by atoms with Gasteiger partial charge in [-0.3, -0.25) is 0 Å². The second-order valence-corrected chi connectivity index (χ2v) is 3.71. The van der Waals surface area contributed by atoms with Gasteiger partial charge in [-0.1, -0.05) is 6.92 Å². The summed E-state index contributed by atoms with van der Waals surface area (Å²) in [5.74, 6) is 1.45. The molecule has 0 aromatic carbocycles. The number of hydrogen-bond donors (Lipinski definition) is 2. The van der Waals surface area contributed by atoms with Gasteiger partial charge in [-0.15, -0.1) is 0 Å². The molecular weight excluding hydrogens is 176 g/mol. The zero-order chi connectivity index (χ0) is 10.1. The standard InChI is InChI=1S/C10H12N4/c1-6-4-8(6)13-10-3-2-7(12)9(5-11)14-10/h2-3,6,8H,4,12H2,1H3,(H,13,14). The lowest BCUT2D eigenvalue weighted by atomic mass is 10.3. The molecule has 4 nitrogen and oxygen atoms in total. The summed E-state index contributed by atoms with van der Waals surface area (Å²) >= 11 is 0. The van der Waals surface area contributed by atoms with Gasteiger partial charge in [0.15, 0.2) is 5.69 Å². The van der Waals surface area contributed by atoms with Gasteiger partial charge >= 0.3 is 0 Å². The van der Waals surface area contributed by atoms with Crippen molar-refractivity contribution in [2.75, 3.05) is 11.1 Å². The minimum atomic E-state index is 0.295. The number of pyridine rings is 1. The lowest BCUT2D eigenvalue weighted by Gasteiger charge is -2.04. The second kappa shape index (κ2) is 3.18. The maximum absolute atomic E-state index is 8.72. The van der Waals surface area contributed by atoms with E-state index in [-0.39, 0.29) is 0 Å². The minimum absolute atomic E-state index is 0.295. The molecule has 1 saturated carbocycles. The summed E-state index contributed by atoms with van der Waals surface area (Å²) in [6.07, 6.45) is 1.17. The highest BCUT2D eigenvalue weighted by atomic mass is 15.1. The zero-order valence-corrected chi connectivity index (χ0v) is 7.99. The van der Waals surface area contributed by atoms with Crippen LogP contribution in [0.2, 0.25) is 0 Å². The highest BCUT2D eigenvalue weighted by molar-refractivity contribution is 5.55. The maximum Gasteiger partial charge on any atom is 0.165 e. The van der Waals surface area contributed by atoms with E-state index >= 15 is 0 Å². The first-order chi connectivity index (χ1) is 6.70. The van der Waals surface area contributed by atoms with Crippen LogP contribution >= 0.6 is 0 Å². The summed E-state index contributed by atoms with van der Waals surface area (Å²) in [5, 5.41) is 12.0. The van der Waals surface area contributed by atoms with E-state index in [0.717, 1.165) is 5.82 Å². The predicted octanol–water partition coefficient (Wildman–Crippen LogP) is 1.36. The van der Waals surface area contributed by atoms with Gasteiger partial charge < -0.3 is 11.1 Å². The van der Waals surface area contributed by atoms with Crippen molar-refractivity contribution in [3.05, 3.63) is 17.8 Å². The number of aromatic nitrogens is 1. The summed E-state index contributed by atoms with van der Waals surface area (Å²) < 4.78 is 0. The van der Waals surface area contributed by atoms with Crippen LogP contribution < -0.4 is 11.1 Å². The summed E-state index contributed by atoms with van der Waals surface area (Å²) in [7, 11) is 0. The third-order valence-corrected chi connectivity index (χ3v) is 2.48. The number of nitrogens with two attached hydrogens (primary N) is 1. The van der Waals surface area contributed by atoms with Crippen LogP contribution in [0, 0.1) is 17.2 Å². The number of rotatable bonds is 2. The fraction of sp³-hybridized carbons (Fsp3) is 0.400. The number of anilines is 2. The van der Waals surface area contributed by atoms with Crippen LogP contribution in [0.5, 0.6) is 0 Å². The third kappa shape index (κ3) is 1.62. The van der Waals surface area contributed by atoms with Crippen molar-refractivity contribution < 1.29 is 0 Å². The highest BCUT2D eigenvalue weighted by Gasteiger charge is 2.32. The number of nitrogens with one attached hydrogen (secondary N) is 1. The van der Waals surface area contributed by atoms with E-state index in [1.807, 2.05) is 6.07 Å². The minimum Gasteiger partial charge on any atom is -0.396 e. The van der Waals surface area contributed by atoms with E-state index in [9.17, 15) is 0 Å². The Morgan fingerprint density at radius 1 is 1.64 bits per heavy atom. The van der Waals surface area contributed by atoms with Crippen LogP contribution in [0.1, 0.15) is 19.0 Å². The molecule has 0 spiro atoms. The van der Waals surface area contributed by atoms with Crippen LogP contribution in [0.3, 0.4) is 0 Å². The molecule has 1 aromatic rings. The topological polar surface area (TPSA) is 74.7 Å².